The van der Waals surface area contributed by atoms with Gasteiger partial charge in [0.05, 0.1) is 36.9 Å². The van der Waals surface area contributed by atoms with Crippen LogP contribution in [0.4, 0.5) is 5.95 Å². The van der Waals surface area contributed by atoms with Gasteiger partial charge in [-0.15, -0.1) is 0 Å². The van der Waals surface area contributed by atoms with Gasteiger partial charge in [-0.05, 0) is 38.3 Å². The van der Waals surface area contributed by atoms with E-state index in [0.717, 1.165) is 48.2 Å². The minimum atomic E-state index is -0.0652. The number of piperidine rings is 1. The molecule has 3 rings (SSSR count). The SMILES string of the molecule is CC[C@@H](COC)NC(=O)[C@@H]1CCCN(c2nc(C)c3ccc(OC)cc3n2)C1. The normalized spacial score (nSPS) is 18.1. The standard InChI is InChI=1S/C21H30N4O3/c1-5-16(13-27-3)23-20(26)15-7-6-10-25(12-15)21-22-14(2)18-9-8-17(28-4)11-19(18)24-21/h8-9,11,15-16H,5-7,10,12-13H2,1-4H3,(H,23,26)/t15-,16+/m1/s1. The lowest BCUT2D eigenvalue weighted by Crippen LogP contribution is -2.47. The van der Waals surface area contributed by atoms with Crippen LogP contribution in [0.2, 0.25) is 0 Å². The number of amides is 1. The Morgan fingerprint density at radius 3 is 2.89 bits per heavy atom. The van der Waals surface area contributed by atoms with Crippen molar-refractivity contribution >= 4 is 22.8 Å². The van der Waals surface area contributed by atoms with Crippen LogP contribution < -0.4 is 15.0 Å². The number of carbonyl (C=O) groups excluding carboxylic acids is 1. The van der Waals surface area contributed by atoms with E-state index in [0.29, 0.717) is 19.1 Å². The molecule has 1 amide bonds. The number of aryl methyl sites for hydroxylation is 1. The molecule has 2 heterocycles. The predicted molar refractivity (Wildman–Crippen MR) is 110 cm³/mol. The topological polar surface area (TPSA) is 76.6 Å². The molecule has 1 aliphatic heterocycles. The Bertz CT molecular complexity index is 827. The Kier molecular flexibility index (Phi) is 6.67. The number of rotatable bonds is 7. The van der Waals surface area contributed by atoms with E-state index in [1.54, 1.807) is 14.2 Å². The van der Waals surface area contributed by atoms with Crippen LogP contribution in [0.1, 0.15) is 31.9 Å². The van der Waals surface area contributed by atoms with Crippen molar-refractivity contribution in [1.29, 1.82) is 0 Å². The van der Waals surface area contributed by atoms with Crippen LogP contribution in [0, 0.1) is 12.8 Å². The first kappa shape index (κ1) is 20.3. The smallest absolute Gasteiger partial charge is 0.226 e. The van der Waals surface area contributed by atoms with Crippen LogP contribution in [0.15, 0.2) is 18.2 Å². The van der Waals surface area contributed by atoms with E-state index in [-0.39, 0.29) is 17.9 Å². The van der Waals surface area contributed by atoms with E-state index in [2.05, 4.69) is 17.1 Å². The zero-order valence-electron chi connectivity index (χ0n) is 17.2. The van der Waals surface area contributed by atoms with E-state index < -0.39 is 0 Å². The largest absolute Gasteiger partial charge is 0.497 e. The molecule has 1 aromatic carbocycles. The van der Waals surface area contributed by atoms with Gasteiger partial charge in [0, 0.05) is 31.7 Å². The van der Waals surface area contributed by atoms with Crippen LogP contribution in [-0.4, -0.2) is 55.8 Å². The highest BCUT2D eigenvalue weighted by Gasteiger charge is 2.28. The maximum atomic E-state index is 12.7. The molecule has 1 saturated heterocycles. The number of hydrogen-bond acceptors (Lipinski definition) is 6. The van der Waals surface area contributed by atoms with E-state index in [1.807, 2.05) is 25.1 Å². The molecule has 28 heavy (non-hydrogen) atoms. The molecule has 0 radical (unpaired) electrons. The first-order valence-corrected chi connectivity index (χ1v) is 9.92. The molecule has 0 aliphatic carbocycles. The fourth-order valence-corrected chi connectivity index (χ4v) is 3.68. The Morgan fingerprint density at radius 2 is 2.18 bits per heavy atom. The summed E-state index contributed by atoms with van der Waals surface area (Å²) >= 11 is 0. The Labute approximate surface area is 166 Å². The van der Waals surface area contributed by atoms with Gasteiger partial charge in [-0.1, -0.05) is 6.92 Å². The number of benzene rings is 1. The van der Waals surface area contributed by atoms with Crippen LogP contribution in [0.25, 0.3) is 10.9 Å². The molecule has 2 atom stereocenters. The highest BCUT2D eigenvalue weighted by atomic mass is 16.5. The number of methoxy groups -OCH3 is 2. The van der Waals surface area contributed by atoms with Crippen molar-refractivity contribution < 1.29 is 14.3 Å². The number of anilines is 1. The zero-order chi connectivity index (χ0) is 20.1. The van der Waals surface area contributed by atoms with Gasteiger partial charge in [-0.3, -0.25) is 4.79 Å². The molecule has 0 bridgehead atoms. The Morgan fingerprint density at radius 1 is 1.36 bits per heavy atom. The van der Waals surface area contributed by atoms with Crippen molar-refractivity contribution in [1.82, 2.24) is 15.3 Å². The Hall–Kier alpha value is -2.41. The number of nitrogens with one attached hydrogen (secondary N) is 1. The highest BCUT2D eigenvalue weighted by Crippen LogP contribution is 2.26. The van der Waals surface area contributed by atoms with E-state index in [9.17, 15) is 4.79 Å². The molecule has 1 N–H and O–H groups in total. The van der Waals surface area contributed by atoms with Gasteiger partial charge in [0.25, 0.3) is 0 Å². The molecule has 7 heteroatoms. The highest BCUT2D eigenvalue weighted by molar-refractivity contribution is 5.83. The lowest BCUT2D eigenvalue weighted by Gasteiger charge is -2.33. The van der Waals surface area contributed by atoms with Crippen molar-refractivity contribution in [2.24, 2.45) is 5.92 Å². The van der Waals surface area contributed by atoms with Crippen LogP contribution >= 0.6 is 0 Å². The van der Waals surface area contributed by atoms with Gasteiger partial charge in [-0.25, -0.2) is 9.97 Å². The quantitative estimate of drug-likeness (QED) is 0.788. The van der Waals surface area contributed by atoms with Gasteiger partial charge >= 0.3 is 0 Å². The lowest BCUT2D eigenvalue weighted by atomic mass is 9.97. The van der Waals surface area contributed by atoms with Crippen LogP contribution in [-0.2, 0) is 9.53 Å². The number of carbonyl (C=O) groups is 1. The molecule has 1 fully saturated rings. The van der Waals surface area contributed by atoms with Crippen LogP contribution in [0.5, 0.6) is 5.75 Å². The van der Waals surface area contributed by atoms with Gasteiger partial charge in [0.15, 0.2) is 0 Å². The van der Waals surface area contributed by atoms with E-state index in [4.69, 9.17) is 19.4 Å². The average molecular weight is 386 g/mol. The summed E-state index contributed by atoms with van der Waals surface area (Å²) in [7, 11) is 3.31. The summed E-state index contributed by atoms with van der Waals surface area (Å²) in [5, 5.41) is 4.13. The third-order valence-electron chi connectivity index (χ3n) is 5.36. The van der Waals surface area contributed by atoms with Crippen molar-refractivity contribution in [2.45, 2.75) is 39.2 Å². The summed E-state index contributed by atoms with van der Waals surface area (Å²) in [5.74, 6) is 1.48. The second-order valence-corrected chi connectivity index (χ2v) is 7.35. The molecule has 1 aliphatic rings. The van der Waals surface area contributed by atoms with Gasteiger partial charge < -0.3 is 19.7 Å². The fourth-order valence-electron chi connectivity index (χ4n) is 3.68. The number of nitrogens with zero attached hydrogens (tertiary/aromatic N) is 3. The monoisotopic (exact) mass is 386 g/mol. The third-order valence-corrected chi connectivity index (χ3v) is 5.36. The maximum Gasteiger partial charge on any atom is 0.226 e. The summed E-state index contributed by atoms with van der Waals surface area (Å²) in [4.78, 5) is 24.3. The van der Waals surface area contributed by atoms with Crippen molar-refractivity contribution in [3.63, 3.8) is 0 Å². The number of aromatic nitrogens is 2. The molecule has 2 aromatic rings. The Balaban J connectivity index is 1.77. The third kappa shape index (κ3) is 4.52. The predicted octanol–water partition coefficient (Wildman–Crippen LogP) is 2.70. The molecule has 7 nitrogen and oxygen atoms in total. The second kappa shape index (κ2) is 9.19. The van der Waals surface area contributed by atoms with E-state index in [1.165, 1.54) is 0 Å². The molecule has 0 saturated carbocycles. The van der Waals surface area contributed by atoms with Crippen molar-refractivity contribution in [3.8, 4) is 5.75 Å². The minimum Gasteiger partial charge on any atom is -0.497 e. The molecule has 0 spiro atoms. The van der Waals surface area contributed by atoms with Crippen LogP contribution in [0.3, 0.4) is 0 Å². The number of ether oxygens (including phenoxy) is 2. The first-order valence-electron chi connectivity index (χ1n) is 9.92. The van der Waals surface area contributed by atoms with Gasteiger partial charge in [0.2, 0.25) is 11.9 Å². The molecule has 0 unspecified atom stereocenters. The fraction of sp³-hybridized carbons (Fsp3) is 0.571. The average Bonchev–Trinajstić information content (AvgIpc) is 2.72. The van der Waals surface area contributed by atoms with Crippen molar-refractivity contribution in [2.75, 3.05) is 38.8 Å². The summed E-state index contributed by atoms with van der Waals surface area (Å²) in [6, 6.07) is 5.89. The number of fused-ring (bicyclic) bond motifs is 1. The second-order valence-electron chi connectivity index (χ2n) is 7.35. The maximum absolute atomic E-state index is 12.7. The molecular formula is C21H30N4O3. The summed E-state index contributed by atoms with van der Waals surface area (Å²) < 4.78 is 10.5. The summed E-state index contributed by atoms with van der Waals surface area (Å²) in [5.41, 5.74) is 1.79. The lowest BCUT2D eigenvalue weighted by molar-refractivity contribution is -0.126. The minimum absolute atomic E-state index is 0.0551. The molecule has 1 aromatic heterocycles. The van der Waals surface area contributed by atoms with E-state index >= 15 is 0 Å². The number of hydrogen-bond donors (Lipinski definition) is 1. The van der Waals surface area contributed by atoms with Crippen molar-refractivity contribution in [3.05, 3.63) is 23.9 Å². The van der Waals surface area contributed by atoms with Gasteiger partial charge in [-0.2, -0.15) is 0 Å². The zero-order valence-corrected chi connectivity index (χ0v) is 17.2. The molecule has 152 valence electrons. The molecular weight excluding hydrogens is 356 g/mol. The summed E-state index contributed by atoms with van der Waals surface area (Å²) in [6.07, 6.45) is 2.68. The van der Waals surface area contributed by atoms with Gasteiger partial charge in [0.1, 0.15) is 5.75 Å². The summed E-state index contributed by atoms with van der Waals surface area (Å²) in [6.45, 7) is 6.06. The first-order chi connectivity index (χ1) is 13.5.